The Hall–Kier alpha value is 0.120. The van der Waals surface area contributed by atoms with E-state index in [0.717, 1.165) is 0 Å². The summed E-state index contributed by atoms with van der Waals surface area (Å²) >= 11 is 0. The highest BCUT2D eigenvalue weighted by atomic mass is 31.2. The van der Waals surface area contributed by atoms with Crippen LogP contribution in [0.25, 0.3) is 0 Å². The van der Waals surface area contributed by atoms with Gasteiger partial charge < -0.3 is 28.4 Å². The van der Waals surface area contributed by atoms with Crippen LogP contribution in [0.15, 0.2) is 0 Å². The summed E-state index contributed by atoms with van der Waals surface area (Å²) in [7, 11) is 7.55. The second kappa shape index (κ2) is 9.09. The molecule has 0 amide bonds. The normalized spacial score (nSPS) is 36.5. The van der Waals surface area contributed by atoms with Crippen LogP contribution in [0.2, 0.25) is 0 Å². The SMILES string of the molecule is [B]C1CC(OC(C)(C)C)C(COP(=O)(O)C(C)(C)OC2CC([B])OC2CC)O1. The molecule has 0 aliphatic carbocycles. The molecule has 0 bridgehead atoms. The molecule has 158 valence electrons. The van der Waals surface area contributed by atoms with E-state index in [9.17, 15) is 9.46 Å². The van der Waals surface area contributed by atoms with Gasteiger partial charge in [-0.3, -0.25) is 4.57 Å². The fourth-order valence-corrected chi connectivity index (χ4v) is 4.40. The lowest BCUT2D eigenvalue weighted by Gasteiger charge is -2.34. The fraction of sp³-hybridized carbons (Fsp3) is 1.00. The highest BCUT2D eigenvalue weighted by Gasteiger charge is 2.48. The van der Waals surface area contributed by atoms with E-state index >= 15 is 0 Å². The molecular weight excluding hydrogens is 381 g/mol. The van der Waals surface area contributed by atoms with Crippen LogP contribution in [0.5, 0.6) is 0 Å². The van der Waals surface area contributed by atoms with Crippen molar-refractivity contribution < 1.29 is 32.9 Å². The molecular formula is C18H33B2O7P. The number of rotatable bonds is 8. The van der Waals surface area contributed by atoms with Gasteiger partial charge in [0.1, 0.15) is 21.8 Å². The van der Waals surface area contributed by atoms with Gasteiger partial charge in [0.05, 0.1) is 30.5 Å². The minimum atomic E-state index is -4.15. The van der Waals surface area contributed by atoms with Gasteiger partial charge in [-0.15, -0.1) is 0 Å². The molecule has 2 fully saturated rings. The van der Waals surface area contributed by atoms with E-state index in [0.29, 0.717) is 19.3 Å². The van der Waals surface area contributed by atoms with Crippen molar-refractivity contribution in [3.8, 4) is 0 Å². The third kappa shape index (κ3) is 6.31. The third-order valence-corrected chi connectivity index (χ3v) is 6.86. The molecule has 2 aliphatic heterocycles. The van der Waals surface area contributed by atoms with Gasteiger partial charge in [0, 0.05) is 12.0 Å². The molecule has 10 heteroatoms. The molecule has 0 spiro atoms. The summed E-state index contributed by atoms with van der Waals surface area (Å²) in [6.07, 6.45) is 0.231. The monoisotopic (exact) mass is 414 g/mol. The zero-order valence-corrected chi connectivity index (χ0v) is 18.7. The Balaban J connectivity index is 1.98. The molecule has 2 heterocycles. The van der Waals surface area contributed by atoms with Crippen LogP contribution >= 0.6 is 7.60 Å². The lowest BCUT2D eigenvalue weighted by Crippen LogP contribution is -2.38. The second-order valence-corrected chi connectivity index (χ2v) is 11.4. The average Bonchev–Trinajstić information content (AvgIpc) is 3.04. The van der Waals surface area contributed by atoms with Crippen LogP contribution in [0.3, 0.4) is 0 Å². The summed E-state index contributed by atoms with van der Waals surface area (Å²) in [4.78, 5) is 10.6. The number of hydrogen-bond acceptors (Lipinski definition) is 6. The van der Waals surface area contributed by atoms with Crippen molar-refractivity contribution in [2.24, 2.45) is 0 Å². The van der Waals surface area contributed by atoms with Gasteiger partial charge in [-0.25, -0.2) is 0 Å². The van der Waals surface area contributed by atoms with E-state index < -0.39 is 36.6 Å². The molecule has 1 N–H and O–H groups in total. The maximum absolute atomic E-state index is 12.9. The van der Waals surface area contributed by atoms with Gasteiger partial charge in [-0.2, -0.15) is 0 Å². The summed E-state index contributed by atoms with van der Waals surface area (Å²) in [5.74, 6) is 0. The first-order valence-corrected chi connectivity index (χ1v) is 11.5. The maximum atomic E-state index is 12.9. The lowest BCUT2D eigenvalue weighted by molar-refractivity contribution is -0.101. The van der Waals surface area contributed by atoms with Crippen molar-refractivity contribution in [3.63, 3.8) is 0 Å². The number of hydrogen-bond donors (Lipinski definition) is 1. The standard InChI is InChI=1S/C18H33B2O7P/c1-7-11-12(8-15(19)24-11)27-18(5,6)28(21,22)23-10-14-13(9-16(20)25-14)26-17(2,3)4/h11-16H,7-10H2,1-6H3,(H,21,22). The molecule has 4 radical (unpaired) electrons. The maximum Gasteiger partial charge on any atom is 0.359 e. The minimum absolute atomic E-state index is 0.118. The molecule has 7 nitrogen and oxygen atoms in total. The first-order chi connectivity index (χ1) is 12.7. The van der Waals surface area contributed by atoms with Crippen molar-refractivity contribution in [1.29, 1.82) is 0 Å². The van der Waals surface area contributed by atoms with Crippen molar-refractivity contribution >= 4 is 23.3 Å². The van der Waals surface area contributed by atoms with Gasteiger partial charge in [-0.05, 0) is 53.9 Å². The summed E-state index contributed by atoms with van der Waals surface area (Å²) in [5, 5.41) is -1.43. The van der Waals surface area contributed by atoms with Gasteiger partial charge in [-0.1, -0.05) is 6.92 Å². The molecule has 0 aromatic rings. The molecule has 7 unspecified atom stereocenters. The van der Waals surface area contributed by atoms with Crippen LogP contribution in [-0.2, 0) is 28.0 Å². The van der Waals surface area contributed by atoms with Crippen LogP contribution < -0.4 is 0 Å². The predicted octanol–water partition coefficient (Wildman–Crippen LogP) is 2.47. The average molecular weight is 414 g/mol. The minimum Gasteiger partial charge on any atom is -0.382 e. The summed E-state index contributed by atoms with van der Waals surface area (Å²) < 4.78 is 41.5. The molecule has 28 heavy (non-hydrogen) atoms. The van der Waals surface area contributed by atoms with Crippen LogP contribution in [0, 0.1) is 0 Å². The zero-order chi connectivity index (χ0) is 21.3. The van der Waals surface area contributed by atoms with E-state index in [1.807, 2.05) is 27.7 Å². The Bertz CT molecular complexity index is 569. The Morgan fingerprint density at radius 3 is 2.00 bits per heavy atom. The lowest BCUT2D eigenvalue weighted by atomic mass is 9.95. The quantitative estimate of drug-likeness (QED) is 0.483. The molecule has 2 aliphatic rings. The Kier molecular flexibility index (Phi) is 7.92. The van der Waals surface area contributed by atoms with Gasteiger partial charge in [0.15, 0.2) is 5.34 Å². The van der Waals surface area contributed by atoms with E-state index in [2.05, 4.69) is 0 Å². The van der Waals surface area contributed by atoms with E-state index in [4.69, 9.17) is 39.2 Å². The highest BCUT2D eigenvalue weighted by Crippen LogP contribution is 2.57. The molecule has 0 aromatic carbocycles. The Morgan fingerprint density at radius 1 is 1.00 bits per heavy atom. The Morgan fingerprint density at radius 2 is 1.50 bits per heavy atom. The van der Waals surface area contributed by atoms with Gasteiger partial charge in [0.2, 0.25) is 0 Å². The zero-order valence-electron chi connectivity index (χ0n) is 17.8. The third-order valence-electron chi connectivity index (χ3n) is 4.90. The molecule has 0 aromatic heterocycles. The summed E-state index contributed by atoms with van der Waals surface area (Å²) in [6, 6.07) is -0.931. The van der Waals surface area contributed by atoms with Crippen LogP contribution in [-0.4, -0.2) is 74.6 Å². The largest absolute Gasteiger partial charge is 0.382 e. The Labute approximate surface area is 171 Å². The van der Waals surface area contributed by atoms with Crippen LogP contribution in [0.1, 0.15) is 60.8 Å². The number of ether oxygens (including phenoxy) is 4. The molecule has 2 saturated heterocycles. The first-order valence-electron chi connectivity index (χ1n) is 9.89. The molecule has 2 rings (SSSR count). The smallest absolute Gasteiger partial charge is 0.359 e. The van der Waals surface area contributed by atoms with Crippen LogP contribution in [0.4, 0.5) is 0 Å². The van der Waals surface area contributed by atoms with Crippen molar-refractivity contribution in [3.05, 3.63) is 0 Å². The van der Waals surface area contributed by atoms with E-state index in [1.165, 1.54) is 13.8 Å². The molecule has 0 saturated carbocycles. The van der Waals surface area contributed by atoms with Crippen molar-refractivity contribution in [2.75, 3.05) is 6.61 Å². The first kappa shape index (κ1) is 24.4. The summed E-state index contributed by atoms with van der Waals surface area (Å²) in [6.45, 7) is 10.7. The summed E-state index contributed by atoms with van der Waals surface area (Å²) in [5.41, 5.74) is -0.391. The highest BCUT2D eigenvalue weighted by molar-refractivity contribution is 7.54. The van der Waals surface area contributed by atoms with Gasteiger partial charge >= 0.3 is 7.60 Å². The second-order valence-electron chi connectivity index (χ2n) is 8.99. The topological polar surface area (TPSA) is 83.5 Å². The fourth-order valence-electron chi connectivity index (χ4n) is 3.47. The molecule has 7 atom stereocenters. The van der Waals surface area contributed by atoms with Crippen molar-refractivity contribution in [2.45, 2.75) is 108 Å². The van der Waals surface area contributed by atoms with Gasteiger partial charge in [0.25, 0.3) is 0 Å². The van der Waals surface area contributed by atoms with Crippen molar-refractivity contribution in [1.82, 2.24) is 0 Å². The predicted molar refractivity (Wildman–Crippen MR) is 108 cm³/mol. The van der Waals surface area contributed by atoms with E-state index in [1.54, 1.807) is 0 Å². The van der Waals surface area contributed by atoms with E-state index in [-0.39, 0.29) is 24.9 Å².